The van der Waals surface area contributed by atoms with Crippen LogP contribution in [0.4, 0.5) is 5.69 Å². The zero-order valence-corrected chi connectivity index (χ0v) is 25.6. The predicted octanol–water partition coefficient (Wildman–Crippen LogP) is 5.66. The normalized spacial score (nSPS) is 12.9. The highest BCUT2D eigenvalue weighted by atomic mass is 35.5. The van der Waals surface area contributed by atoms with Crippen LogP contribution in [0.5, 0.6) is 5.75 Å². The van der Waals surface area contributed by atoms with Crippen molar-refractivity contribution in [2.45, 2.75) is 72.0 Å². The maximum absolute atomic E-state index is 13.6. The number of carbonyl (C=O) groups is 2. The molecule has 0 aliphatic rings. The van der Waals surface area contributed by atoms with Crippen LogP contribution >= 0.6 is 23.2 Å². The molecule has 0 aliphatic heterocycles. The molecule has 39 heavy (non-hydrogen) atoms. The zero-order chi connectivity index (χ0) is 29.2. The Balaban J connectivity index is 2.25. The molecule has 0 spiro atoms. The van der Waals surface area contributed by atoms with E-state index in [1.54, 1.807) is 42.5 Å². The number of halogens is 2. The Bertz CT molecular complexity index is 1210. The van der Waals surface area contributed by atoms with Crippen LogP contribution in [0, 0.1) is 0 Å². The van der Waals surface area contributed by atoms with E-state index in [0.717, 1.165) is 12.7 Å². The Labute approximate surface area is 242 Å². The molecule has 2 aromatic carbocycles. The van der Waals surface area contributed by atoms with E-state index in [9.17, 15) is 18.0 Å². The quantitative estimate of drug-likeness (QED) is 0.285. The summed E-state index contributed by atoms with van der Waals surface area (Å²) in [6, 6.07) is 11.0. The standard InChI is InChI=1S/C28H39Cl2N3O5S/c1-6-20(4)31-28(35)26(7-2)32(19-21-11-12-22(29)18-25(21)30)27(34)10-9-17-33(39(5,36)37)23-13-15-24(16-14-23)38-8-3/h11-16,18,20,26H,6-10,17,19H2,1-5H3,(H,31,35)/t20-,26-/m1/s1. The van der Waals surface area contributed by atoms with Crippen LogP contribution in [0.2, 0.25) is 10.0 Å². The van der Waals surface area contributed by atoms with Crippen LogP contribution in [0.1, 0.15) is 58.9 Å². The van der Waals surface area contributed by atoms with Crippen molar-refractivity contribution in [3.8, 4) is 5.75 Å². The van der Waals surface area contributed by atoms with Gasteiger partial charge in [-0.25, -0.2) is 8.42 Å². The highest BCUT2D eigenvalue weighted by Crippen LogP contribution is 2.25. The van der Waals surface area contributed by atoms with Crippen LogP contribution in [0.15, 0.2) is 42.5 Å². The molecule has 0 fully saturated rings. The third-order valence-corrected chi connectivity index (χ3v) is 8.11. The summed E-state index contributed by atoms with van der Waals surface area (Å²) in [5.41, 5.74) is 1.15. The summed E-state index contributed by atoms with van der Waals surface area (Å²) >= 11 is 12.5. The van der Waals surface area contributed by atoms with Gasteiger partial charge in [0.05, 0.1) is 18.6 Å². The molecule has 2 atom stereocenters. The van der Waals surface area contributed by atoms with Gasteiger partial charge >= 0.3 is 0 Å². The van der Waals surface area contributed by atoms with Gasteiger partial charge in [0.25, 0.3) is 0 Å². The predicted molar refractivity (Wildman–Crippen MR) is 158 cm³/mol. The summed E-state index contributed by atoms with van der Waals surface area (Å²) in [5, 5.41) is 3.84. The van der Waals surface area contributed by atoms with Gasteiger partial charge in [0.15, 0.2) is 0 Å². The smallest absolute Gasteiger partial charge is 0.243 e. The third kappa shape index (κ3) is 9.89. The minimum absolute atomic E-state index is 0.0416. The molecule has 0 saturated carbocycles. The van der Waals surface area contributed by atoms with Crippen molar-refractivity contribution in [3.63, 3.8) is 0 Å². The molecule has 0 unspecified atom stereocenters. The molecule has 0 bridgehead atoms. The fourth-order valence-electron chi connectivity index (χ4n) is 4.07. The van der Waals surface area contributed by atoms with E-state index in [-0.39, 0.29) is 43.8 Å². The second-order valence-corrected chi connectivity index (χ2v) is 12.1. The van der Waals surface area contributed by atoms with Crippen molar-refractivity contribution < 1.29 is 22.7 Å². The van der Waals surface area contributed by atoms with Gasteiger partial charge in [0.2, 0.25) is 21.8 Å². The highest BCUT2D eigenvalue weighted by Gasteiger charge is 2.30. The molecule has 11 heteroatoms. The summed E-state index contributed by atoms with van der Waals surface area (Å²) in [6.07, 6.45) is 2.59. The lowest BCUT2D eigenvalue weighted by molar-refractivity contribution is -0.141. The van der Waals surface area contributed by atoms with Crippen LogP contribution in [0.25, 0.3) is 0 Å². The van der Waals surface area contributed by atoms with Crippen LogP contribution in [-0.2, 0) is 26.2 Å². The van der Waals surface area contributed by atoms with Crippen molar-refractivity contribution in [3.05, 3.63) is 58.1 Å². The summed E-state index contributed by atoms with van der Waals surface area (Å²) in [6.45, 7) is 8.33. The second-order valence-electron chi connectivity index (χ2n) is 9.36. The Morgan fingerprint density at radius 3 is 2.23 bits per heavy atom. The van der Waals surface area contributed by atoms with Gasteiger partial charge in [-0.1, -0.05) is 43.1 Å². The number of sulfonamides is 1. The Morgan fingerprint density at radius 1 is 1.03 bits per heavy atom. The Kier molecular flexibility index (Phi) is 12.9. The number of hydrogen-bond acceptors (Lipinski definition) is 5. The first-order chi connectivity index (χ1) is 18.4. The number of amides is 2. The molecule has 8 nitrogen and oxygen atoms in total. The number of anilines is 1. The third-order valence-electron chi connectivity index (χ3n) is 6.33. The van der Waals surface area contributed by atoms with E-state index >= 15 is 0 Å². The molecule has 1 N–H and O–H groups in total. The molecular formula is C28H39Cl2N3O5S. The molecule has 0 radical (unpaired) electrons. The van der Waals surface area contributed by atoms with Gasteiger partial charge in [0, 0.05) is 35.6 Å². The minimum atomic E-state index is -3.60. The lowest BCUT2D eigenvalue weighted by Gasteiger charge is -2.32. The van der Waals surface area contributed by atoms with Crippen molar-refractivity contribution in [1.82, 2.24) is 10.2 Å². The largest absolute Gasteiger partial charge is 0.494 e. The zero-order valence-electron chi connectivity index (χ0n) is 23.2. The molecule has 2 aromatic rings. The van der Waals surface area contributed by atoms with Gasteiger partial charge < -0.3 is 15.0 Å². The number of ether oxygens (including phenoxy) is 1. The molecule has 0 saturated heterocycles. The van der Waals surface area contributed by atoms with Gasteiger partial charge in [-0.05, 0) is 75.1 Å². The van der Waals surface area contributed by atoms with E-state index in [4.69, 9.17) is 27.9 Å². The summed E-state index contributed by atoms with van der Waals surface area (Å²) < 4.78 is 31.8. The first kappa shape index (κ1) is 32.7. The maximum Gasteiger partial charge on any atom is 0.243 e. The Morgan fingerprint density at radius 2 is 1.69 bits per heavy atom. The molecule has 2 rings (SSSR count). The maximum atomic E-state index is 13.6. The second kappa shape index (κ2) is 15.3. The van der Waals surface area contributed by atoms with E-state index in [1.165, 1.54) is 9.21 Å². The van der Waals surface area contributed by atoms with Gasteiger partial charge in [-0.2, -0.15) is 0 Å². The van der Waals surface area contributed by atoms with Crippen molar-refractivity contribution in [1.29, 1.82) is 0 Å². The van der Waals surface area contributed by atoms with E-state index in [1.807, 2.05) is 27.7 Å². The van der Waals surface area contributed by atoms with Crippen LogP contribution < -0.4 is 14.4 Å². The first-order valence-electron chi connectivity index (χ1n) is 13.2. The number of carbonyl (C=O) groups excluding carboxylic acids is 2. The monoisotopic (exact) mass is 599 g/mol. The first-order valence-corrected chi connectivity index (χ1v) is 15.8. The van der Waals surface area contributed by atoms with Crippen LogP contribution in [0.3, 0.4) is 0 Å². The molecule has 2 amide bonds. The van der Waals surface area contributed by atoms with Crippen molar-refractivity contribution in [2.24, 2.45) is 0 Å². The molecule has 0 heterocycles. The van der Waals surface area contributed by atoms with Gasteiger partial charge in [0.1, 0.15) is 11.8 Å². The lowest BCUT2D eigenvalue weighted by Crippen LogP contribution is -2.50. The SMILES string of the molecule is CCOc1ccc(N(CCCC(=O)N(Cc2ccc(Cl)cc2Cl)[C@H](CC)C(=O)N[C@H](C)CC)S(C)(=O)=O)cc1. The van der Waals surface area contributed by atoms with E-state index in [0.29, 0.717) is 40.1 Å². The molecular weight excluding hydrogens is 561 g/mol. The minimum Gasteiger partial charge on any atom is -0.494 e. The number of rotatable bonds is 15. The molecule has 0 aromatic heterocycles. The van der Waals surface area contributed by atoms with E-state index in [2.05, 4.69) is 5.32 Å². The number of benzene rings is 2. The van der Waals surface area contributed by atoms with Gasteiger partial charge in [-0.3, -0.25) is 13.9 Å². The lowest BCUT2D eigenvalue weighted by atomic mass is 10.1. The number of hydrogen-bond donors (Lipinski definition) is 1. The Hall–Kier alpha value is -2.49. The fourth-order valence-corrected chi connectivity index (χ4v) is 5.51. The van der Waals surface area contributed by atoms with Gasteiger partial charge in [-0.15, -0.1) is 0 Å². The number of nitrogens with one attached hydrogen (secondary N) is 1. The summed E-state index contributed by atoms with van der Waals surface area (Å²) in [4.78, 5) is 28.2. The van der Waals surface area contributed by atoms with Crippen molar-refractivity contribution in [2.75, 3.05) is 23.7 Å². The summed E-state index contributed by atoms with van der Waals surface area (Å²) in [5.74, 6) is 0.132. The van der Waals surface area contributed by atoms with Crippen LogP contribution in [-0.4, -0.2) is 56.6 Å². The summed E-state index contributed by atoms with van der Waals surface area (Å²) in [7, 11) is -3.60. The fraction of sp³-hybridized carbons (Fsp3) is 0.500. The average molecular weight is 601 g/mol. The average Bonchev–Trinajstić information content (AvgIpc) is 2.87. The van der Waals surface area contributed by atoms with Crippen molar-refractivity contribution >= 4 is 50.7 Å². The highest BCUT2D eigenvalue weighted by molar-refractivity contribution is 7.92. The van der Waals surface area contributed by atoms with E-state index < -0.39 is 16.1 Å². The molecule has 0 aliphatic carbocycles. The molecule has 216 valence electrons. The topological polar surface area (TPSA) is 96.0 Å². The number of nitrogens with zero attached hydrogens (tertiary/aromatic N) is 2.